The number of aliphatic hydroxyl groups excluding tert-OH is 1. The fraction of sp³-hybridized carbons (Fsp3) is 0.538. The monoisotopic (exact) mass is 222 g/mol. The van der Waals surface area contributed by atoms with Gasteiger partial charge in [0.15, 0.2) is 0 Å². The van der Waals surface area contributed by atoms with Crippen molar-refractivity contribution in [2.24, 2.45) is 0 Å². The van der Waals surface area contributed by atoms with E-state index in [1.807, 2.05) is 25.1 Å². The maximum Gasteiger partial charge on any atom is 0.126 e. The zero-order valence-electron chi connectivity index (χ0n) is 9.99. The highest BCUT2D eigenvalue weighted by atomic mass is 16.5. The third-order valence-corrected chi connectivity index (χ3v) is 3.31. The maximum absolute atomic E-state index is 10.1. The molecule has 1 aliphatic heterocycles. The molecule has 0 spiro atoms. The number of hydrogen-bond acceptors (Lipinski definition) is 3. The SMILES string of the molecule is CCC1(C)C[C@H](O)c2cc(OC)ccc2O1. The maximum atomic E-state index is 10.1. The van der Waals surface area contributed by atoms with Gasteiger partial charge in [-0.1, -0.05) is 6.92 Å². The van der Waals surface area contributed by atoms with Gasteiger partial charge in [0.25, 0.3) is 0 Å². The van der Waals surface area contributed by atoms with Crippen molar-refractivity contribution in [3.05, 3.63) is 23.8 Å². The van der Waals surface area contributed by atoms with Crippen molar-refractivity contribution >= 4 is 0 Å². The van der Waals surface area contributed by atoms with Gasteiger partial charge in [0.05, 0.1) is 13.2 Å². The smallest absolute Gasteiger partial charge is 0.126 e. The van der Waals surface area contributed by atoms with Crippen molar-refractivity contribution in [3.8, 4) is 11.5 Å². The van der Waals surface area contributed by atoms with Crippen LogP contribution >= 0.6 is 0 Å². The molecule has 2 atom stereocenters. The van der Waals surface area contributed by atoms with E-state index >= 15 is 0 Å². The van der Waals surface area contributed by atoms with Gasteiger partial charge in [-0.3, -0.25) is 0 Å². The van der Waals surface area contributed by atoms with E-state index < -0.39 is 6.10 Å². The lowest BCUT2D eigenvalue weighted by Gasteiger charge is -2.37. The van der Waals surface area contributed by atoms with Crippen LogP contribution in [0.15, 0.2) is 18.2 Å². The number of aliphatic hydroxyl groups is 1. The topological polar surface area (TPSA) is 38.7 Å². The molecular weight excluding hydrogens is 204 g/mol. The van der Waals surface area contributed by atoms with Crippen LogP contribution in [0.1, 0.15) is 38.4 Å². The highest BCUT2D eigenvalue weighted by molar-refractivity contribution is 5.43. The lowest BCUT2D eigenvalue weighted by atomic mass is 9.88. The first-order valence-corrected chi connectivity index (χ1v) is 5.63. The number of rotatable bonds is 2. The minimum absolute atomic E-state index is 0.263. The van der Waals surface area contributed by atoms with Gasteiger partial charge in [-0.15, -0.1) is 0 Å². The van der Waals surface area contributed by atoms with E-state index in [1.165, 1.54) is 0 Å². The van der Waals surface area contributed by atoms with Gasteiger partial charge in [0, 0.05) is 12.0 Å². The minimum Gasteiger partial charge on any atom is -0.497 e. The molecule has 1 N–H and O–H groups in total. The van der Waals surface area contributed by atoms with Gasteiger partial charge in [0.2, 0.25) is 0 Å². The van der Waals surface area contributed by atoms with Crippen LogP contribution in [-0.2, 0) is 0 Å². The van der Waals surface area contributed by atoms with Crippen molar-refractivity contribution < 1.29 is 14.6 Å². The zero-order valence-corrected chi connectivity index (χ0v) is 9.99. The van der Waals surface area contributed by atoms with Crippen molar-refractivity contribution in [3.63, 3.8) is 0 Å². The van der Waals surface area contributed by atoms with Crippen LogP contribution in [0.3, 0.4) is 0 Å². The largest absolute Gasteiger partial charge is 0.497 e. The van der Waals surface area contributed by atoms with Crippen molar-refractivity contribution in [2.45, 2.75) is 38.4 Å². The third-order valence-electron chi connectivity index (χ3n) is 3.31. The molecule has 0 bridgehead atoms. The van der Waals surface area contributed by atoms with E-state index in [2.05, 4.69) is 6.92 Å². The molecule has 3 heteroatoms. The molecular formula is C13H18O3. The predicted molar refractivity (Wildman–Crippen MR) is 61.9 cm³/mol. The van der Waals surface area contributed by atoms with Gasteiger partial charge in [-0.05, 0) is 31.5 Å². The van der Waals surface area contributed by atoms with Gasteiger partial charge in [-0.2, -0.15) is 0 Å². The van der Waals surface area contributed by atoms with Crippen LogP contribution in [0.2, 0.25) is 0 Å². The van der Waals surface area contributed by atoms with Crippen LogP contribution in [0.4, 0.5) is 0 Å². The first kappa shape index (κ1) is 11.3. The van der Waals surface area contributed by atoms with Crippen LogP contribution < -0.4 is 9.47 Å². The third kappa shape index (κ3) is 1.87. The van der Waals surface area contributed by atoms with Crippen molar-refractivity contribution in [1.82, 2.24) is 0 Å². The summed E-state index contributed by atoms with van der Waals surface area (Å²) in [5.41, 5.74) is 0.561. The summed E-state index contributed by atoms with van der Waals surface area (Å²) < 4.78 is 11.1. The van der Waals surface area contributed by atoms with Crippen LogP contribution in [0.5, 0.6) is 11.5 Å². The summed E-state index contributed by atoms with van der Waals surface area (Å²) >= 11 is 0. The van der Waals surface area contributed by atoms with Crippen LogP contribution in [0, 0.1) is 0 Å². The predicted octanol–water partition coefficient (Wildman–Crippen LogP) is 2.68. The molecule has 0 aliphatic carbocycles. The first-order valence-electron chi connectivity index (χ1n) is 5.63. The molecule has 3 nitrogen and oxygen atoms in total. The summed E-state index contributed by atoms with van der Waals surface area (Å²) in [7, 11) is 1.62. The molecule has 88 valence electrons. The Morgan fingerprint density at radius 3 is 2.94 bits per heavy atom. The number of hydrogen-bond donors (Lipinski definition) is 1. The Bertz CT molecular complexity index is 389. The number of fused-ring (bicyclic) bond motifs is 1. The van der Waals surface area contributed by atoms with E-state index in [0.717, 1.165) is 23.5 Å². The number of ether oxygens (including phenoxy) is 2. The summed E-state index contributed by atoms with van der Waals surface area (Å²) in [6.45, 7) is 4.10. The summed E-state index contributed by atoms with van der Waals surface area (Å²) in [5.74, 6) is 1.52. The van der Waals surface area contributed by atoms with Crippen LogP contribution in [-0.4, -0.2) is 17.8 Å². The summed E-state index contributed by atoms with van der Waals surface area (Å²) in [5, 5.41) is 10.1. The molecule has 0 saturated heterocycles. The molecule has 0 radical (unpaired) electrons. The average molecular weight is 222 g/mol. The molecule has 0 amide bonds. The zero-order chi connectivity index (χ0) is 11.8. The lowest BCUT2D eigenvalue weighted by molar-refractivity contribution is -0.00393. The Hall–Kier alpha value is -1.22. The van der Waals surface area contributed by atoms with Gasteiger partial charge in [0.1, 0.15) is 17.1 Å². The minimum atomic E-state index is -0.469. The summed E-state index contributed by atoms with van der Waals surface area (Å²) in [6, 6.07) is 5.56. The van der Waals surface area contributed by atoms with E-state index in [9.17, 15) is 5.11 Å². The van der Waals surface area contributed by atoms with Crippen molar-refractivity contribution in [2.75, 3.05) is 7.11 Å². The highest BCUT2D eigenvalue weighted by Gasteiger charge is 2.35. The standard InChI is InChI=1S/C13H18O3/c1-4-13(2)8-11(14)10-7-9(15-3)5-6-12(10)16-13/h5-7,11,14H,4,8H2,1-3H3/t11-,13?/m0/s1. The van der Waals surface area contributed by atoms with Gasteiger partial charge < -0.3 is 14.6 Å². The molecule has 0 fully saturated rings. The molecule has 2 rings (SSSR count). The Balaban J connectivity index is 2.38. The second-order valence-corrected chi connectivity index (χ2v) is 4.53. The summed E-state index contributed by atoms with van der Waals surface area (Å²) in [6.07, 6.45) is 1.04. The summed E-state index contributed by atoms with van der Waals surface area (Å²) in [4.78, 5) is 0. The quantitative estimate of drug-likeness (QED) is 0.836. The van der Waals surface area contributed by atoms with Crippen LogP contribution in [0.25, 0.3) is 0 Å². The molecule has 1 aromatic rings. The second-order valence-electron chi connectivity index (χ2n) is 4.53. The highest BCUT2D eigenvalue weighted by Crippen LogP contribution is 2.42. The van der Waals surface area contributed by atoms with E-state index in [4.69, 9.17) is 9.47 Å². The molecule has 1 unspecified atom stereocenters. The Kier molecular flexibility index (Phi) is 2.80. The Morgan fingerprint density at radius 1 is 1.56 bits per heavy atom. The fourth-order valence-electron chi connectivity index (χ4n) is 2.05. The average Bonchev–Trinajstić information content (AvgIpc) is 2.28. The molecule has 0 saturated carbocycles. The van der Waals surface area contributed by atoms with Crippen molar-refractivity contribution in [1.29, 1.82) is 0 Å². The lowest BCUT2D eigenvalue weighted by Crippen LogP contribution is -2.37. The number of benzene rings is 1. The van der Waals surface area contributed by atoms with E-state index in [-0.39, 0.29) is 5.60 Å². The fourth-order valence-corrected chi connectivity index (χ4v) is 2.05. The second kappa shape index (κ2) is 3.98. The van der Waals surface area contributed by atoms with Gasteiger partial charge >= 0.3 is 0 Å². The molecule has 1 aliphatic rings. The Labute approximate surface area is 96.0 Å². The van der Waals surface area contributed by atoms with E-state index in [0.29, 0.717) is 6.42 Å². The number of methoxy groups -OCH3 is 1. The molecule has 0 aromatic heterocycles. The first-order chi connectivity index (χ1) is 7.58. The molecule has 16 heavy (non-hydrogen) atoms. The normalized spacial score (nSPS) is 28.1. The van der Waals surface area contributed by atoms with E-state index in [1.54, 1.807) is 7.11 Å². The van der Waals surface area contributed by atoms with Gasteiger partial charge in [-0.25, -0.2) is 0 Å². The molecule has 1 heterocycles. The Morgan fingerprint density at radius 2 is 2.31 bits per heavy atom. The molecule has 1 aromatic carbocycles.